The number of aliphatic hydroxyl groups is 3. The molecule has 0 spiro atoms. The lowest BCUT2D eigenvalue weighted by Crippen LogP contribution is -2.75. The molecule has 39 heavy (non-hydrogen) atoms. The van der Waals surface area contributed by atoms with Gasteiger partial charge in [0.2, 0.25) is 0 Å². The van der Waals surface area contributed by atoms with E-state index in [1.807, 2.05) is 0 Å². The minimum absolute atomic E-state index is 0.411. The molecule has 0 saturated carbocycles. The van der Waals surface area contributed by atoms with Crippen LogP contribution < -0.4 is 0 Å². The molecule has 0 rings (SSSR count). The second-order valence-corrected chi connectivity index (χ2v) is 8.78. The van der Waals surface area contributed by atoms with E-state index in [1.165, 1.54) is 0 Å². The molecule has 0 aromatic carbocycles. The van der Waals surface area contributed by atoms with Crippen LogP contribution in [0.2, 0.25) is 0 Å². The Balaban J connectivity index is 8.45. The fourth-order valence-electron chi connectivity index (χ4n) is 2.48. The van der Waals surface area contributed by atoms with Crippen LogP contribution in [0.3, 0.4) is 0 Å². The van der Waals surface area contributed by atoms with E-state index in [0.717, 1.165) is 34.6 Å². The summed E-state index contributed by atoms with van der Waals surface area (Å²) in [6.45, 7) is 18.1. The van der Waals surface area contributed by atoms with E-state index in [9.17, 15) is 39.3 Å². The Morgan fingerprint density at radius 3 is 0.872 bits per heavy atom. The molecule has 13 nitrogen and oxygen atoms in total. The third-order valence-corrected chi connectivity index (χ3v) is 4.91. The predicted molar refractivity (Wildman–Crippen MR) is 134 cm³/mol. The molecule has 0 heterocycles. The number of carbonyl (C=O) groups excluding carboxylic acids is 5. The van der Waals surface area contributed by atoms with Gasteiger partial charge in [0.1, 0.15) is 5.41 Å². The van der Waals surface area contributed by atoms with E-state index < -0.39 is 94.7 Å². The summed E-state index contributed by atoms with van der Waals surface area (Å²) >= 11 is 0. The molecule has 0 unspecified atom stereocenters. The molecule has 0 fully saturated rings. The van der Waals surface area contributed by atoms with E-state index in [4.69, 9.17) is 23.7 Å². The highest BCUT2D eigenvalue weighted by molar-refractivity contribution is 5.92. The summed E-state index contributed by atoms with van der Waals surface area (Å²) in [7, 11) is 0. The van der Waals surface area contributed by atoms with Crippen molar-refractivity contribution >= 4 is 29.8 Å². The normalized spacial score (nSPS) is 11.4. The summed E-state index contributed by atoms with van der Waals surface area (Å²) in [5, 5.41) is 31.2. The maximum absolute atomic E-state index is 13.0. The van der Waals surface area contributed by atoms with E-state index >= 15 is 0 Å². The molecular weight excluding hydrogens is 520 g/mol. The molecule has 0 aliphatic heterocycles. The summed E-state index contributed by atoms with van der Waals surface area (Å²) in [6.07, 6.45) is 0. The monoisotopic (exact) mass is 554 g/mol. The molecule has 13 heteroatoms. The van der Waals surface area contributed by atoms with Crippen molar-refractivity contribution in [2.75, 3.05) is 19.8 Å². The fraction of sp³-hybridized carbons (Fsp3) is 0.423. The maximum Gasteiger partial charge on any atom is 0.508 e. The highest BCUT2D eigenvalue weighted by Gasteiger charge is 2.78. The van der Waals surface area contributed by atoms with Gasteiger partial charge < -0.3 is 39.0 Å². The predicted octanol–water partition coefficient (Wildman–Crippen LogP) is 0.896. The van der Waals surface area contributed by atoms with Crippen LogP contribution in [0.15, 0.2) is 60.8 Å². The minimum Gasteiger partial charge on any atom is -0.407 e. The molecule has 0 saturated heterocycles. The lowest BCUT2D eigenvalue weighted by Gasteiger charge is -2.50. The van der Waals surface area contributed by atoms with Gasteiger partial charge in [-0.15, -0.1) is 0 Å². The van der Waals surface area contributed by atoms with E-state index in [0.29, 0.717) is 0 Å². The van der Waals surface area contributed by atoms with Gasteiger partial charge in [0.05, 0.1) is 19.8 Å². The number of hydrogen-bond donors (Lipinski definition) is 3. The van der Waals surface area contributed by atoms with Crippen molar-refractivity contribution < 1.29 is 63.0 Å². The SMILES string of the molecule is C=C(C)C(=O)OC(OC(=O)C(=C)C)(OC(=O)C(=C)C)C(OC(=O)C(=C)C)(OC(=O)C(=C)C)C(CO)(CO)CO. The largest absolute Gasteiger partial charge is 0.508 e. The summed E-state index contributed by atoms with van der Waals surface area (Å²) in [5.41, 5.74) is -4.90. The average molecular weight is 555 g/mol. The summed E-state index contributed by atoms with van der Waals surface area (Å²) < 4.78 is 26.4. The Morgan fingerprint density at radius 2 is 0.692 bits per heavy atom. The smallest absolute Gasteiger partial charge is 0.407 e. The molecule has 0 aliphatic carbocycles. The molecule has 0 radical (unpaired) electrons. The third kappa shape index (κ3) is 7.50. The van der Waals surface area contributed by atoms with Crippen molar-refractivity contribution in [1.82, 2.24) is 0 Å². The maximum atomic E-state index is 13.0. The topological polar surface area (TPSA) is 192 Å². The molecule has 3 N–H and O–H groups in total. The zero-order valence-corrected chi connectivity index (χ0v) is 22.6. The second-order valence-electron chi connectivity index (χ2n) is 8.78. The van der Waals surface area contributed by atoms with Crippen molar-refractivity contribution in [2.45, 2.75) is 46.4 Å². The third-order valence-electron chi connectivity index (χ3n) is 4.91. The first-order valence-corrected chi connectivity index (χ1v) is 11.1. The van der Waals surface area contributed by atoms with Crippen molar-refractivity contribution in [3.63, 3.8) is 0 Å². The second kappa shape index (κ2) is 13.6. The average Bonchev–Trinajstić information content (AvgIpc) is 2.84. The number of hydrogen-bond acceptors (Lipinski definition) is 13. The van der Waals surface area contributed by atoms with Crippen molar-refractivity contribution in [3.8, 4) is 0 Å². The Morgan fingerprint density at radius 1 is 0.487 bits per heavy atom. The lowest BCUT2D eigenvalue weighted by atomic mass is 9.78. The van der Waals surface area contributed by atoms with Crippen LogP contribution in [-0.2, 0) is 47.7 Å². The van der Waals surface area contributed by atoms with Crippen LogP contribution in [0.4, 0.5) is 0 Å². The van der Waals surface area contributed by atoms with Crippen molar-refractivity contribution in [1.29, 1.82) is 0 Å². The minimum atomic E-state index is -3.83. The molecule has 216 valence electrons. The van der Waals surface area contributed by atoms with Gasteiger partial charge >= 0.3 is 41.6 Å². The van der Waals surface area contributed by atoms with Crippen molar-refractivity contribution in [2.24, 2.45) is 5.41 Å². The van der Waals surface area contributed by atoms with Crippen LogP contribution in [0.1, 0.15) is 34.6 Å². The molecule has 0 aromatic heterocycles. The summed E-state index contributed by atoms with van der Waals surface area (Å²) in [6, 6.07) is 0. The highest BCUT2D eigenvalue weighted by atomic mass is 16.9. The van der Waals surface area contributed by atoms with Gasteiger partial charge in [-0.25, -0.2) is 24.0 Å². The molecule has 0 aliphatic rings. The Bertz CT molecular complexity index is 986. The summed E-state index contributed by atoms with van der Waals surface area (Å²) in [4.78, 5) is 64.6. The standard InChI is InChI=1S/C26H34O13/c1-14(2)19(30)35-25(36-20(31)15(3)4,24(11-27,12-28)13-29)26(37-21(32)16(5)6,38-22(33)17(7)8)39-23(34)18(9)10/h27-29H,1,3,5,7,9,11-13H2,2,4,6,8,10H3. The molecule has 0 bridgehead atoms. The number of rotatable bonds is 15. The van der Waals surface area contributed by atoms with Crippen LogP contribution in [-0.4, -0.2) is 76.7 Å². The number of aliphatic hydroxyl groups excluding tert-OH is 3. The Kier molecular flexibility index (Phi) is 12.2. The van der Waals surface area contributed by atoms with Gasteiger partial charge in [-0.1, -0.05) is 32.9 Å². The molecule has 0 amide bonds. The zero-order valence-electron chi connectivity index (χ0n) is 22.6. The summed E-state index contributed by atoms with van der Waals surface area (Å²) in [5.74, 6) is -14.9. The molecular formula is C26H34O13. The van der Waals surface area contributed by atoms with Crippen molar-refractivity contribution in [3.05, 3.63) is 60.8 Å². The first kappa shape index (κ1) is 34.9. The first-order chi connectivity index (χ1) is 17.8. The number of esters is 5. The van der Waals surface area contributed by atoms with E-state index in [2.05, 4.69) is 32.9 Å². The van der Waals surface area contributed by atoms with Crippen LogP contribution in [0, 0.1) is 5.41 Å². The van der Waals surface area contributed by atoms with E-state index in [1.54, 1.807) is 0 Å². The van der Waals surface area contributed by atoms with Gasteiger partial charge in [0, 0.05) is 27.9 Å². The van der Waals surface area contributed by atoms with E-state index in [-0.39, 0.29) is 0 Å². The van der Waals surface area contributed by atoms with Crippen LogP contribution in [0.5, 0.6) is 0 Å². The van der Waals surface area contributed by atoms with Gasteiger partial charge in [0.25, 0.3) is 0 Å². The van der Waals surface area contributed by atoms with Gasteiger partial charge in [-0.3, -0.25) is 0 Å². The van der Waals surface area contributed by atoms with Gasteiger partial charge in [-0.05, 0) is 34.6 Å². The van der Waals surface area contributed by atoms with Gasteiger partial charge in [-0.2, -0.15) is 0 Å². The van der Waals surface area contributed by atoms with Crippen LogP contribution in [0.25, 0.3) is 0 Å². The zero-order chi connectivity index (χ0) is 30.9. The molecule has 0 aromatic rings. The van der Waals surface area contributed by atoms with Crippen LogP contribution >= 0.6 is 0 Å². The fourth-order valence-corrected chi connectivity index (χ4v) is 2.48. The quantitative estimate of drug-likeness (QED) is 0.147. The number of ether oxygens (including phenoxy) is 5. The number of carbonyl (C=O) groups is 5. The molecule has 0 atom stereocenters. The highest BCUT2D eigenvalue weighted by Crippen LogP contribution is 2.49. The first-order valence-electron chi connectivity index (χ1n) is 11.1. The Labute approximate surface area is 225 Å². The Hall–Kier alpha value is -4.07. The van der Waals surface area contributed by atoms with Gasteiger partial charge in [0.15, 0.2) is 0 Å². The lowest BCUT2D eigenvalue weighted by molar-refractivity contribution is -0.470.